The van der Waals surface area contributed by atoms with E-state index in [9.17, 15) is 4.79 Å². The number of hydrogen-bond acceptors (Lipinski definition) is 3. The number of carbonyl (C=O) groups excluding carboxylic acids is 1. The maximum Gasteiger partial charge on any atom is 0.234 e. The average Bonchev–Trinajstić information content (AvgIpc) is 2.37. The van der Waals surface area contributed by atoms with E-state index < -0.39 is 0 Å². The summed E-state index contributed by atoms with van der Waals surface area (Å²) in [6.07, 6.45) is 4.85. The molecule has 0 saturated carbocycles. The van der Waals surface area contributed by atoms with Crippen molar-refractivity contribution in [2.45, 2.75) is 39.5 Å². The van der Waals surface area contributed by atoms with E-state index in [1.807, 2.05) is 7.05 Å². The van der Waals surface area contributed by atoms with E-state index in [2.05, 4.69) is 29.4 Å². The average molecular weight is 269 g/mol. The Labute approximate surface area is 118 Å². The first-order valence-corrected chi connectivity index (χ1v) is 7.74. The Kier molecular flexibility index (Phi) is 8.07. The number of likely N-dealkylation sites (N-methyl/N-ethyl adjacent to an activating group) is 1. The van der Waals surface area contributed by atoms with Crippen LogP contribution in [0.15, 0.2) is 0 Å². The summed E-state index contributed by atoms with van der Waals surface area (Å²) < 4.78 is 0. The van der Waals surface area contributed by atoms with Gasteiger partial charge in [0.1, 0.15) is 0 Å². The molecular weight excluding hydrogens is 238 g/mol. The molecule has 1 heterocycles. The van der Waals surface area contributed by atoms with Crippen LogP contribution in [0.3, 0.4) is 0 Å². The molecule has 112 valence electrons. The van der Waals surface area contributed by atoms with Crippen LogP contribution in [0, 0.1) is 11.8 Å². The molecular formula is C15H31N3O. The van der Waals surface area contributed by atoms with Gasteiger partial charge in [0.15, 0.2) is 0 Å². The lowest BCUT2D eigenvalue weighted by Crippen LogP contribution is -2.37. The number of carbonyl (C=O) groups is 1. The first kappa shape index (κ1) is 16.4. The van der Waals surface area contributed by atoms with Crippen LogP contribution in [-0.4, -0.2) is 50.6 Å². The first-order valence-electron chi connectivity index (χ1n) is 7.74. The predicted molar refractivity (Wildman–Crippen MR) is 80.2 cm³/mol. The Bertz CT molecular complexity index is 250. The molecule has 4 heteroatoms. The standard InChI is InChI=1S/C15H31N3O/c1-13(2)4-10-17-15(19)12-18(3)11-7-14-5-8-16-9-6-14/h13-14,16H,4-12H2,1-3H3,(H,17,19). The minimum absolute atomic E-state index is 0.161. The fourth-order valence-corrected chi connectivity index (χ4v) is 2.45. The number of piperidine rings is 1. The van der Waals surface area contributed by atoms with E-state index in [1.165, 1.54) is 19.3 Å². The van der Waals surface area contributed by atoms with Gasteiger partial charge in [0.25, 0.3) is 0 Å². The summed E-state index contributed by atoms with van der Waals surface area (Å²) in [6, 6.07) is 0. The lowest BCUT2D eigenvalue weighted by molar-refractivity contribution is -0.122. The monoisotopic (exact) mass is 269 g/mol. The Morgan fingerprint density at radius 2 is 2.05 bits per heavy atom. The van der Waals surface area contributed by atoms with Gasteiger partial charge in [-0.05, 0) is 64.2 Å². The minimum atomic E-state index is 0.161. The zero-order chi connectivity index (χ0) is 14.1. The van der Waals surface area contributed by atoms with Gasteiger partial charge in [-0.3, -0.25) is 9.69 Å². The molecule has 0 aliphatic carbocycles. The van der Waals surface area contributed by atoms with E-state index in [0.717, 1.165) is 38.5 Å². The van der Waals surface area contributed by atoms with E-state index >= 15 is 0 Å². The van der Waals surface area contributed by atoms with E-state index in [1.54, 1.807) is 0 Å². The van der Waals surface area contributed by atoms with E-state index in [4.69, 9.17) is 0 Å². The highest BCUT2D eigenvalue weighted by Gasteiger charge is 2.14. The second-order valence-corrected chi connectivity index (χ2v) is 6.25. The van der Waals surface area contributed by atoms with Gasteiger partial charge in [-0.1, -0.05) is 13.8 Å². The van der Waals surface area contributed by atoms with Crippen molar-refractivity contribution in [3.05, 3.63) is 0 Å². The fourth-order valence-electron chi connectivity index (χ4n) is 2.45. The fraction of sp³-hybridized carbons (Fsp3) is 0.933. The lowest BCUT2D eigenvalue weighted by Gasteiger charge is -2.25. The van der Waals surface area contributed by atoms with Crippen LogP contribution in [0.5, 0.6) is 0 Å². The van der Waals surface area contributed by atoms with Crippen molar-refractivity contribution in [2.75, 3.05) is 39.8 Å². The normalized spacial score (nSPS) is 17.1. The molecule has 1 fully saturated rings. The predicted octanol–water partition coefficient (Wildman–Crippen LogP) is 1.47. The van der Waals surface area contributed by atoms with Gasteiger partial charge in [0.05, 0.1) is 6.54 Å². The van der Waals surface area contributed by atoms with E-state index in [-0.39, 0.29) is 5.91 Å². The molecule has 0 atom stereocenters. The smallest absolute Gasteiger partial charge is 0.234 e. The van der Waals surface area contributed by atoms with Crippen molar-refractivity contribution in [1.82, 2.24) is 15.5 Å². The Morgan fingerprint density at radius 1 is 1.37 bits per heavy atom. The molecule has 0 aromatic heterocycles. The molecule has 19 heavy (non-hydrogen) atoms. The summed E-state index contributed by atoms with van der Waals surface area (Å²) in [4.78, 5) is 13.9. The van der Waals surface area contributed by atoms with Crippen molar-refractivity contribution >= 4 is 5.91 Å². The molecule has 0 aromatic rings. The highest BCUT2D eigenvalue weighted by Crippen LogP contribution is 2.15. The minimum Gasteiger partial charge on any atom is -0.355 e. The molecule has 1 saturated heterocycles. The zero-order valence-corrected chi connectivity index (χ0v) is 12.9. The molecule has 0 unspecified atom stereocenters. The first-order chi connectivity index (χ1) is 9.08. The molecule has 4 nitrogen and oxygen atoms in total. The van der Waals surface area contributed by atoms with Crippen molar-refractivity contribution in [1.29, 1.82) is 0 Å². The molecule has 0 aromatic carbocycles. The summed E-state index contributed by atoms with van der Waals surface area (Å²) in [5.74, 6) is 1.65. The maximum absolute atomic E-state index is 11.7. The zero-order valence-electron chi connectivity index (χ0n) is 12.9. The van der Waals surface area contributed by atoms with Crippen molar-refractivity contribution in [2.24, 2.45) is 11.8 Å². The largest absolute Gasteiger partial charge is 0.355 e. The van der Waals surface area contributed by atoms with Gasteiger partial charge in [-0.2, -0.15) is 0 Å². The van der Waals surface area contributed by atoms with Gasteiger partial charge in [-0.25, -0.2) is 0 Å². The summed E-state index contributed by atoms with van der Waals surface area (Å²) in [5.41, 5.74) is 0. The molecule has 2 N–H and O–H groups in total. The van der Waals surface area contributed by atoms with Crippen LogP contribution in [0.2, 0.25) is 0 Å². The maximum atomic E-state index is 11.7. The summed E-state index contributed by atoms with van der Waals surface area (Å²) in [6.45, 7) is 9.03. The third-order valence-electron chi connectivity index (χ3n) is 3.84. The quantitative estimate of drug-likeness (QED) is 0.701. The van der Waals surface area contributed by atoms with Gasteiger partial charge in [0, 0.05) is 6.54 Å². The van der Waals surface area contributed by atoms with Crippen molar-refractivity contribution in [3.63, 3.8) is 0 Å². The van der Waals surface area contributed by atoms with Crippen LogP contribution in [-0.2, 0) is 4.79 Å². The molecule has 0 radical (unpaired) electrons. The third-order valence-corrected chi connectivity index (χ3v) is 3.84. The van der Waals surface area contributed by atoms with Crippen molar-refractivity contribution in [3.8, 4) is 0 Å². The van der Waals surface area contributed by atoms with Gasteiger partial charge < -0.3 is 10.6 Å². The van der Waals surface area contributed by atoms with Crippen LogP contribution < -0.4 is 10.6 Å². The highest BCUT2D eigenvalue weighted by atomic mass is 16.2. The van der Waals surface area contributed by atoms with Crippen LogP contribution >= 0.6 is 0 Å². The molecule has 0 spiro atoms. The Morgan fingerprint density at radius 3 is 2.68 bits per heavy atom. The molecule has 1 aliphatic heterocycles. The number of nitrogens with zero attached hydrogens (tertiary/aromatic N) is 1. The second-order valence-electron chi connectivity index (χ2n) is 6.25. The number of nitrogens with one attached hydrogen (secondary N) is 2. The SMILES string of the molecule is CC(C)CCNC(=O)CN(C)CCC1CCNCC1. The lowest BCUT2D eigenvalue weighted by atomic mass is 9.94. The summed E-state index contributed by atoms with van der Waals surface area (Å²) >= 11 is 0. The van der Waals surface area contributed by atoms with E-state index in [0.29, 0.717) is 12.5 Å². The van der Waals surface area contributed by atoms with Crippen molar-refractivity contribution < 1.29 is 4.79 Å². The molecule has 1 aliphatic rings. The van der Waals surface area contributed by atoms with Crippen LogP contribution in [0.4, 0.5) is 0 Å². The number of hydrogen-bond donors (Lipinski definition) is 2. The van der Waals surface area contributed by atoms with Crippen LogP contribution in [0.1, 0.15) is 39.5 Å². The van der Waals surface area contributed by atoms with Gasteiger partial charge >= 0.3 is 0 Å². The van der Waals surface area contributed by atoms with Gasteiger partial charge in [-0.15, -0.1) is 0 Å². The topological polar surface area (TPSA) is 44.4 Å². The van der Waals surface area contributed by atoms with Crippen LogP contribution in [0.25, 0.3) is 0 Å². The molecule has 1 rings (SSSR count). The van der Waals surface area contributed by atoms with Gasteiger partial charge in [0.2, 0.25) is 5.91 Å². The Balaban J connectivity index is 2.05. The summed E-state index contributed by atoms with van der Waals surface area (Å²) in [5, 5.41) is 6.38. The summed E-state index contributed by atoms with van der Waals surface area (Å²) in [7, 11) is 2.04. The molecule has 1 amide bonds. The second kappa shape index (κ2) is 9.32. The number of amides is 1. The number of rotatable bonds is 8. The molecule has 0 bridgehead atoms. The highest BCUT2D eigenvalue weighted by molar-refractivity contribution is 5.77. The Hall–Kier alpha value is -0.610. The third kappa shape index (κ3) is 8.22.